The molecule has 3 aromatic rings. The third-order valence-electron chi connectivity index (χ3n) is 4.43. The number of fused-ring (bicyclic) bond motifs is 1. The fourth-order valence-electron chi connectivity index (χ4n) is 3.10. The third kappa shape index (κ3) is 5.75. The maximum atomic E-state index is 13.7. The van der Waals surface area contributed by atoms with E-state index in [0.29, 0.717) is 22.0 Å². The van der Waals surface area contributed by atoms with Gasteiger partial charge in [0, 0.05) is 16.6 Å². The molecular formula is C21H21Cl2F3N4OS. The Morgan fingerprint density at radius 2 is 1.91 bits per heavy atom. The maximum absolute atomic E-state index is 13.7. The van der Waals surface area contributed by atoms with Gasteiger partial charge in [0.25, 0.3) is 0 Å². The molecule has 32 heavy (non-hydrogen) atoms. The van der Waals surface area contributed by atoms with Gasteiger partial charge >= 0.3 is 6.18 Å². The number of halogens is 5. The standard InChI is InChI=1S/C19H15Cl2F3N4OS.C2H6/c1-9-2-10(7-25)17-13(3-9)11(8-27-17)4-16(19(22,23)24)28-30(29)18-14(21)5-12(20)6-15(18)26;1-2/h2-3,5-6,8,16,27-28H,4,26H2,1H3;1-2H3. The second kappa shape index (κ2) is 10.6. The van der Waals surface area contributed by atoms with Crippen molar-refractivity contribution in [2.24, 2.45) is 0 Å². The lowest BCUT2D eigenvalue weighted by atomic mass is 10.0. The Balaban J connectivity index is 0.00000176. The number of anilines is 1. The Hall–Kier alpha value is -2.25. The average Bonchev–Trinajstić information content (AvgIpc) is 3.09. The zero-order valence-corrected chi connectivity index (χ0v) is 19.7. The van der Waals surface area contributed by atoms with E-state index in [1.807, 2.05) is 19.9 Å². The van der Waals surface area contributed by atoms with Gasteiger partial charge in [-0.2, -0.15) is 18.4 Å². The van der Waals surface area contributed by atoms with Gasteiger partial charge in [-0.25, -0.2) is 8.93 Å². The Morgan fingerprint density at radius 1 is 1.25 bits per heavy atom. The molecule has 0 spiro atoms. The van der Waals surface area contributed by atoms with Crippen LogP contribution in [0.2, 0.25) is 10.0 Å². The summed E-state index contributed by atoms with van der Waals surface area (Å²) in [4.78, 5) is 2.68. The number of nitrogens with two attached hydrogens (primary N) is 1. The molecule has 0 aliphatic heterocycles. The number of nitrogens with zero attached hydrogens (tertiary/aromatic N) is 1. The number of alkyl halides is 3. The van der Waals surface area contributed by atoms with Crippen LogP contribution in [0.25, 0.3) is 10.9 Å². The molecule has 2 unspecified atom stereocenters. The van der Waals surface area contributed by atoms with Gasteiger partial charge in [0.05, 0.1) is 26.7 Å². The van der Waals surface area contributed by atoms with Crippen molar-refractivity contribution in [3.63, 3.8) is 0 Å². The summed E-state index contributed by atoms with van der Waals surface area (Å²) < 4.78 is 55.9. The van der Waals surface area contributed by atoms with Gasteiger partial charge in [-0.15, -0.1) is 0 Å². The molecule has 0 saturated carbocycles. The molecule has 1 heterocycles. The van der Waals surface area contributed by atoms with E-state index in [-0.39, 0.29) is 20.6 Å². The first kappa shape index (κ1) is 26.0. The maximum Gasteiger partial charge on any atom is 0.405 e. The van der Waals surface area contributed by atoms with Crippen LogP contribution in [0.1, 0.15) is 30.5 Å². The van der Waals surface area contributed by atoms with E-state index in [0.717, 1.165) is 5.56 Å². The van der Waals surface area contributed by atoms with E-state index in [9.17, 15) is 22.6 Å². The molecule has 4 N–H and O–H groups in total. The number of rotatable bonds is 5. The van der Waals surface area contributed by atoms with E-state index in [1.54, 1.807) is 19.1 Å². The lowest BCUT2D eigenvalue weighted by Crippen LogP contribution is -2.44. The minimum atomic E-state index is -4.71. The van der Waals surface area contributed by atoms with Crippen molar-refractivity contribution in [1.82, 2.24) is 9.71 Å². The van der Waals surface area contributed by atoms with E-state index in [4.69, 9.17) is 28.9 Å². The first-order valence-electron chi connectivity index (χ1n) is 9.51. The number of H-pyrrole nitrogens is 1. The second-order valence-corrected chi connectivity index (χ2v) is 8.68. The van der Waals surface area contributed by atoms with Crippen LogP contribution in [-0.2, 0) is 17.4 Å². The smallest absolute Gasteiger partial charge is 0.398 e. The number of hydrogen-bond acceptors (Lipinski definition) is 3. The van der Waals surface area contributed by atoms with Crippen molar-refractivity contribution < 1.29 is 17.4 Å². The Morgan fingerprint density at radius 3 is 2.47 bits per heavy atom. The summed E-state index contributed by atoms with van der Waals surface area (Å²) in [7, 11) is -2.35. The van der Waals surface area contributed by atoms with E-state index in [1.165, 1.54) is 18.3 Å². The van der Waals surface area contributed by atoms with E-state index < -0.39 is 29.6 Å². The summed E-state index contributed by atoms with van der Waals surface area (Å²) in [5.41, 5.74) is 7.51. The van der Waals surface area contributed by atoms with Crippen LogP contribution in [-0.4, -0.2) is 21.4 Å². The highest BCUT2D eigenvalue weighted by Crippen LogP contribution is 2.32. The average molecular weight is 505 g/mol. The predicted molar refractivity (Wildman–Crippen MR) is 123 cm³/mol. The molecule has 3 rings (SSSR count). The molecule has 0 aliphatic rings. The van der Waals surface area contributed by atoms with Crippen molar-refractivity contribution in [3.05, 3.63) is 57.2 Å². The Bertz CT molecular complexity index is 1170. The summed E-state index contributed by atoms with van der Waals surface area (Å²) in [6.45, 7) is 5.75. The summed E-state index contributed by atoms with van der Waals surface area (Å²) in [5, 5.41) is 9.83. The van der Waals surface area contributed by atoms with Gasteiger partial charge in [-0.3, -0.25) is 0 Å². The molecular weight excluding hydrogens is 484 g/mol. The molecule has 5 nitrogen and oxygen atoms in total. The molecule has 1 aromatic heterocycles. The van der Waals surface area contributed by atoms with Crippen LogP contribution in [0, 0.1) is 18.3 Å². The summed E-state index contributed by atoms with van der Waals surface area (Å²) in [5.74, 6) is 0. The van der Waals surface area contributed by atoms with Gasteiger partial charge < -0.3 is 10.7 Å². The molecule has 2 atom stereocenters. The highest BCUT2D eigenvalue weighted by molar-refractivity contribution is 7.83. The predicted octanol–water partition coefficient (Wildman–Crippen LogP) is 6.05. The number of nitrogens with one attached hydrogen (secondary N) is 2. The van der Waals surface area contributed by atoms with Gasteiger partial charge in [-0.05, 0) is 48.7 Å². The molecule has 0 fully saturated rings. The Kier molecular flexibility index (Phi) is 8.60. The van der Waals surface area contributed by atoms with Gasteiger partial charge in [0.1, 0.15) is 23.1 Å². The SMILES string of the molecule is CC.Cc1cc(C#N)c2[nH]cc(CC(NS(=O)c3c(N)cc(Cl)cc3Cl)C(F)(F)F)c2c1. The second-order valence-electron chi connectivity index (χ2n) is 6.65. The minimum absolute atomic E-state index is 0.0827. The van der Waals surface area contributed by atoms with E-state index >= 15 is 0 Å². The topological polar surface area (TPSA) is 94.7 Å². The normalized spacial score (nSPS) is 13.2. The van der Waals surface area contributed by atoms with Crippen molar-refractivity contribution in [2.75, 3.05) is 5.73 Å². The molecule has 0 aliphatic carbocycles. The minimum Gasteiger partial charge on any atom is -0.398 e. The van der Waals surface area contributed by atoms with Crippen LogP contribution in [0.3, 0.4) is 0 Å². The summed E-state index contributed by atoms with van der Waals surface area (Å²) >= 11 is 11.8. The molecule has 172 valence electrons. The van der Waals surface area contributed by atoms with E-state index in [2.05, 4.69) is 9.71 Å². The fourth-order valence-corrected chi connectivity index (χ4v) is 4.92. The van der Waals surface area contributed by atoms with Crippen LogP contribution in [0.15, 0.2) is 35.4 Å². The first-order chi connectivity index (χ1) is 15.0. The van der Waals surface area contributed by atoms with Crippen LogP contribution >= 0.6 is 23.2 Å². The van der Waals surface area contributed by atoms with Gasteiger partial charge in [0.15, 0.2) is 0 Å². The number of nitriles is 1. The quantitative estimate of drug-likeness (QED) is 0.369. The zero-order chi connectivity index (χ0) is 24.2. The van der Waals surface area contributed by atoms with Crippen LogP contribution in [0.5, 0.6) is 0 Å². The number of nitrogen functional groups attached to an aromatic ring is 1. The Labute approximate surface area is 196 Å². The monoisotopic (exact) mass is 504 g/mol. The van der Waals surface area contributed by atoms with Crippen molar-refractivity contribution in [2.45, 2.75) is 44.3 Å². The van der Waals surface area contributed by atoms with Gasteiger partial charge in [-0.1, -0.05) is 37.0 Å². The molecule has 11 heteroatoms. The largest absolute Gasteiger partial charge is 0.405 e. The van der Waals surface area contributed by atoms with Crippen LogP contribution < -0.4 is 10.5 Å². The highest BCUT2D eigenvalue weighted by Gasteiger charge is 2.41. The van der Waals surface area contributed by atoms with Crippen molar-refractivity contribution >= 4 is 50.8 Å². The lowest BCUT2D eigenvalue weighted by molar-refractivity contribution is -0.150. The molecule has 0 radical (unpaired) electrons. The number of aromatic nitrogens is 1. The number of aryl methyl sites for hydroxylation is 1. The zero-order valence-electron chi connectivity index (χ0n) is 17.4. The highest BCUT2D eigenvalue weighted by atomic mass is 35.5. The molecule has 2 aromatic carbocycles. The first-order valence-corrected chi connectivity index (χ1v) is 11.4. The summed E-state index contributed by atoms with van der Waals surface area (Å²) in [6, 6.07) is 5.71. The van der Waals surface area contributed by atoms with Crippen molar-refractivity contribution in [1.29, 1.82) is 5.26 Å². The molecule has 0 bridgehead atoms. The fraction of sp³-hybridized carbons (Fsp3) is 0.286. The molecule has 0 amide bonds. The van der Waals surface area contributed by atoms with Crippen LogP contribution in [0.4, 0.5) is 18.9 Å². The number of hydrogen-bond donors (Lipinski definition) is 3. The van der Waals surface area contributed by atoms with Crippen molar-refractivity contribution in [3.8, 4) is 6.07 Å². The number of benzene rings is 2. The lowest BCUT2D eigenvalue weighted by Gasteiger charge is -2.22. The summed E-state index contributed by atoms with van der Waals surface area (Å²) in [6.07, 6.45) is -3.82. The van der Waals surface area contributed by atoms with Gasteiger partial charge in [0.2, 0.25) is 0 Å². The number of aromatic amines is 1. The third-order valence-corrected chi connectivity index (χ3v) is 6.38. The molecule has 0 saturated heterocycles.